The number of amides is 2. The van der Waals surface area contributed by atoms with Crippen LogP contribution in [0.2, 0.25) is 0 Å². The van der Waals surface area contributed by atoms with Gasteiger partial charge in [0.15, 0.2) is 0 Å². The maximum Gasteiger partial charge on any atom is 0.407 e. The number of carboxylic acids is 1. The second kappa shape index (κ2) is 11.6. The lowest BCUT2D eigenvalue weighted by atomic mass is 9.98. The Balaban J connectivity index is 1.29. The number of carbonyl (C=O) groups is 3. The first kappa shape index (κ1) is 25.1. The third-order valence-corrected chi connectivity index (χ3v) is 7.19. The fourth-order valence-electron chi connectivity index (χ4n) is 4.74. The van der Waals surface area contributed by atoms with Crippen LogP contribution in [0.4, 0.5) is 4.79 Å². The van der Waals surface area contributed by atoms with E-state index in [1.165, 1.54) is 11.8 Å². The zero-order valence-corrected chi connectivity index (χ0v) is 20.4. The molecular formula is C26H30N2O6S. The van der Waals surface area contributed by atoms with Crippen LogP contribution in [0.5, 0.6) is 0 Å². The molecule has 0 spiro atoms. The van der Waals surface area contributed by atoms with Crippen molar-refractivity contribution in [3.05, 3.63) is 59.7 Å². The molecular weight excluding hydrogens is 468 g/mol. The highest BCUT2D eigenvalue weighted by molar-refractivity contribution is 7.98. The van der Waals surface area contributed by atoms with Gasteiger partial charge in [0.05, 0.1) is 0 Å². The van der Waals surface area contributed by atoms with E-state index >= 15 is 0 Å². The number of alkyl carbamates (subject to hydrolysis) is 1. The van der Waals surface area contributed by atoms with Gasteiger partial charge in [-0.2, -0.15) is 11.8 Å². The second-order valence-electron chi connectivity index (χ2n) is 8.73. The standard InChI is InChI=1S/C26H30N2O6S/c1-35-13-11-22(25(30)31)28-24(29)23-16(10-12-33-23)14-27-26(32)34-15-21-19-8-4-2-6-17(19)18-7-3-5-9-20(18)21/h2-9,16,21-23H,10-15H2,1H3,(H,27,32)(H,28,29)(H,30,31)/t16-,22-,23-/m1/s1. The van der Waals surface area contributed by atoms with Gasteiger partial charge in [-0.15, -0.1) is 0 Å². The Morgan fingerprint density at radius 3 is 2.40 bits per heavy atom. The number of benzene rings is 2. The zero-order chi connectivity index (χ0) is 24.8. The lowest BCUT2D eigenvalue weighted by Gasteiger charge is -2.21. The van der Waals surface area contributed by atoms with Gasteiger partial charge in [-0.05, 0) is 47.1 Å². The molecule has 186 valence electrons. The van der Waals surface area contributed by atoms with Crippen molar-refractivity contribution in [2.24, 2.45) is 5.92 Å². The van der Waals surface area contributed by atoms with E-state index in [1.54, 1.807) is 0 Å². The van der Waals surface area contributed by atoms with Gasteiger partial charge >= 0.3 is 12.1 Å². The molecule has 3 N–H and O–H groups in total. The molecule has 1 aliphatic carbocycles. The van der Waals surface area contributed by atoms with E-state index < -0.39 is 30.1 Å². The van der Waals surface area contributed by atoms with Crippen molar-refractivity contribution in [1.82, 2.24) is 10.6 Å². The summed E-state index contributed by atoms with van der Waals surface area (Å²) in [4.78, 5) is 36.6. The van der Waals surface area contributed by atoms with Crippen molar-refractivity contribution in [2.45, 2.75) is 30.9 Å². The van der Waals surface area contributed by atoms with Crippen molar-refractivity contribution in [3.63, 3.8) is 0 Å². The molecule has 9 heteroatoms. The number of hydrogen-bond donors (Lipinski definition) is 3. The van der Waals surface area contributed by atoms with Crippen LogP contribution in [0.3, 0.4) is 0 Å². The molecule has 1 heterocycles. The van der Waals surface area contributed by atoms with E-state index in [0.29, 0.717) is 25.2 Å². The SMILES string of the molecule is CSCC[C@@H](NC(=O)[C@@H]1OCC[C@@H]1CNC(=O)OCC1c2ccccc2-c2ccccc21)C(=O)O. The molecule has 0 radical (unpaired) electrons. The molecule has 2 amide bonds. The number of carboxylic acid groups (broad SMARTS) is 1. The molecule has 35 heavy (non-hydrogen) atoms. The van der Waals surface area contributed by atoms with Gasteiger partial charge in [-0.25, -0.2) is 9.59 Å². The number of aliphatic carboxylic acids is 1. The van der Waals surface area contributed by atoms with Gasteiger partial charge in [0.1, 0.15) is 18.8 Å². The highest BCUT2D eigenvalue weighted by atomic mass is 32.2. The lowest BCUT2D eigenvalue weighted by Crippen LogP contribution is -2.48. The van der Waals surface area contributed by atoms with Gasteiger partial charge < -0.3 is 25.2 Å². The molecule has 1 fully saturated rings. The average molecular weight is 499 g/mol. The predicted molar refractivity (Wildman–Crippen MR) is 133 cm³/mol. The summed E-state index contributed by atoms with van der Waals surface area (Å²) in [5.41, 5.74) is 4.59. The first-order valence-electron chi connectivity index (χ1n) is 11.7. The van der Waals surface area contributed by atoms with Crippen LogP contribution in [-0.2, 0) is 19.1 Å². The number of ether oxygens (including phenoxy) is 2. The third kappa shape index (κ3) is 5.79. The van der Waals surface area contributed by atoms with Crippen molar-refractivity contribution >= 4 is 29.7 Å². The Hall–Kier alpha value is -3.04. The predicted octanol–water partition coefficient (Wildman–Crippen LogP) is 3.25. The summed E-state index contributed by atoms with van der Waals surface area (Å²) in [6.45, 7) is 0.787. The van der Waals surface area contributed by atoms with Gasteiger partial charge in [0, 0.05) is 25.0 Å². The van der Waals surface area contributed by atoms with Crippen LogP contribution in [0.25, 0.3) is 11.1 Å². The number of nitrogens with one attached hydrogen (secondary N) is 2. The van der Waals surface area contributed by atoms with Crippen LogP contribution in [0.15, 0.2) is 48.5 Å². The minimum Gasteiger partial charge on any atom is -0.480 e. The van der Waals surface area contributed by atoms with Crippen LogP contribution < -0.4 is 10.6 Å². The fourth-order valence-corrected chi connectivity index (χ4v) is 5.21. The van der Waals surface area contributed by atoms with Crippen molar-refractivity contribution in [1.29, 1.82) is 0 Å². The highest BCUT2D eigenvalue weighted by Crippen LogP contribution is 2.44. The molecule has 0 saturated carbocycles. The quantitative estimate of drug-likeness (QED) is 0.461. The van der Waals surface area contributed by atoms with Crippen molar-refractivity contribution in [2.75, 3.05) is 31.8 Å². The smallest absolute Gasteiger partial charge is 0.407 e. The minimum absolute atomic E-state index is 0.0317. The molecule has 2 aliphatic rings. The van der Waals surface area contributed by atoms with Crippen molar-refractivity contribution < 1.29 is 29.0 Å². The van der Waals surface area contributed by atoms with Crippen LogP contribution in [0, 0.1) is 5.92 Å². The number of fused-ring (bicyclic) bond motifs is 3. The van der Waals surface area contributed by atoms with Crippen LogP contribution in [-0.4, -0.2) is 67.0 Å². The second-order valence-corrected chi connectivity index (χ2v) is 9.71. The molecule has 1 saturated heterocycles. The summed E-state index contributed by atoms with van der Waals surface area (Å²) in [5.74, 6) is -1.20. The first-order chi connectivity index (χ1) is 17.0. The molecule has 3 atom stereocenters. The van der Waals surface area contributed by atoms with Gasteiger partial charge in [-0.3, -0.25) is 4.79 Å². The summed E-state index contributed by atoms with van der Waals surface area (Å²) in [5, 5.41) is 14.7. The molecule has 2 aromatic carbocycles. The van der Waals surface area contributed by atoms with Crippen LogP contribution in [0.1, 0.15) is 29.9 Å². The minimum atomic E-state index is -1.07. The summed E-state index contributed by atoms with van der Waals surface area (Å²) >= 11 is 1.52. The van der Waals surface area contributed by atoms with Gasteiger partial charge in [0.2, 0.25) is 5.91 Å². The molecule has 0 bridgehead atoms. The maximum atomic E-state index is 12.7. The largest absolute Gasteiger partial charge is 0.480 e. The normalized spacial score (nSPS) is 19.5. The van der Waals surface area contributed by atoms with E-state index in [0.717, 1.165) is 22.3 Å². The molecule has 1 aliphatic heterocycles. The summed E-state index contributed by atoms with van der Waals surface area (Å²) < 4.78 is 11.1. The monoisotopic (exact) mass is 498 g/mol. The van der Waals surface area contributed by atoms with E-state index in [4.69, 9.17) is 9.47 Å². The molecule has 8 nitrogen and oxygen atoms in total. The van der Waals surface area contributed by atoms with Gasteiger partial charge in [0.25, 0.3) is 0 Å². The molecule has 4 rings (SSSR count). The Kier molecular flexibility index (Phi) is 8.30. The molecule has 2 aromatic rings. The molecule has 0 aromatic heterocycles. The van der Waals surface area contributed by atoms with E-state index in [-0.39, 0.29) is 25.0 Å². The van der Waals surface area contributed by atoms with E-state index in [9.17, 15) is 19.5 Å². The Morgan fingerprint density at radius 2 is 1.77 bits per heavy atom. The van der Waals surface area contributed by atoms with Crippen molar-refractivity contribution in [3.8, 4) is 11.1 Å². The number of rotatable bonds is 10. The summed E-state index contributed by atoms with van der Waals surface area (Å²) in [6.07, 6.45) is 1.44. The average Bonchev–Trinajstić information content (AvgIpc) is 3.46. The summed E-state index contributed by atoms with van der Waals surface area (Å²) in [6, 6.07) is 15.3. The van der Waals surface area contributed by atoms with E-state index in [1.807, 2.05) is 30.5 Å². The first-order valence-corrected chi connectivity index (χ1v) is 13.1. The van der Waals surface area contributed by atoms with E-state index in [2.05, 4.69) is 34.9 Å². The molecule has 0 unspecified atom stereocenters. The highest BCUT2D eigenvalue weighted by Gasteiger charge is 2.36. The zero-order valence-electron chi connectivity index (χ0n) is 19.6. The van der Waals surface area contributed by atoms with Gasteiger partial charge in [-0.1, -0.05) is 48.5 Å². The number of thioether (sulfide) groups is 1. The Bertz CT molecular complexity index is 1030. The number of carbonyl (C=O) groups excluding carboxylic acids is 2. The lowest BCUT2D eigenvalue weighted by molar-refractivity contribution is -0.144. The third-order valence-electron chi connectivity index (χ3n) is 6.55. The van der Waals surface area contributed by atoms with Crippen LogP contribution >= 0.6 is 11.8 Å². The fraction of sp³-hybridized carbons (Fsp3) is 0.423. The topological polar surface area (TPSA) is 114 Å². The number of hydrogen-bond acceptors (Lipinski definition) is 6. The Labute approximate surface area is 208 Å². The Morgan fingerprint density at radius 1 is 1.11 bits per heavy atom. The summed E-state index contributed by atoms with van der Waals surface area (Å²) in [7, 11) is 0. The maximum absolute atomic E-state index is 12.7.